The van der Waals surface area contributed by atoms with E-state index in [9.17, 15) is 0 Å². The second-order valence-corrected chi connectivity index (χ2v) is 7.07. The van der Waals surface area contributed by atoms with Gasteiger partial charge in [0.15, 0.2) is 0 Å². The number of rotatable bonds is 4. The lowest BCUT2D eigenvalue weighted by molar-refractivity contribution is -0.0300. The van der Waals surface area contributed by atoms with Gasteiger partial charge in [-0.2, -0.15) is 0 Å². The van der Waals surface area contributed by atoms with E-state index in [1.807, 2.05) is 7.05 Å². The van der Waals surface area contributed by atoms with Crippen molar-refractivity contribution in [1.82, 2.24) is 14.9 Å². The van der Waals surface area contributed by atoms with Crippen molar-refractivity contribution < 1.29 is 0 Å². The lowest BCUT2D eigenvalue weighted by atomic mass is 9.54. The lowest BCUT2D eigenvalue weighted by Gasteiger charge is -2.54. The van der Waals surface area contributed by atoms with Gasteiger partial charge in [0.1, 0.15) is 0 Å². The average molecular weight is 259 g/mol. The predicted molar refractivity (Wildman–Crippen MR) is 75.9 cm³/mol. The summed E-state index contributed by atoms with van der Waals surface area (Å²) in [6, 6.07) is 0.766. The molecule has 0 radical (unpaired) electrons. The molecule has 0 aliphatic heterocycles. The minimum atomic E-state index is 0.766. The Labute approximate surface area is 115 Å². The molecule has 104 valence electrons. The summed E-state index contributed by atoms with van der Waals surface area (Å²) in [6.45, 7) is 1.05. The lowest BCUT2D eigenvalue weighted by Crippen LogP contribution is -2.46. The van der Waals surface area contributed by atoms with Gasteiger partial charge in [-0.15, -0.1) is 0 Å². The van der Waals surface area contributed by atoms with Gasteiger partial charge in [0.2, 0.25) is 0 Å². The molecule has 4 aliphatic carbocycles. The summed E-state index contributed by atoms with van der Waals surface area (Å²) in [5.41, 5.74) is 1.44. The van der Waals surface area contributed by atoms with E-state index in [1.54, 1.807) is 0 Å². The van der Waals surface area contributed by atoms with Crippen LogP contribution < -0.4 is 5.32 Å². The molecule has 1 aromatic rings. The molecule has 0 atom stereocenters. The first kappa shape index (κ1) is 12.0. The van der Waals surface area contributed by atoms with Gasteiger partial charge in [-0.05, 0) is 62.8 Å². The first-order valence-electron chi connectivity index (χ1n) is 8.00. The fourth-order valence-electron chi connectivity index (χ4n) is 5.40. The molecule has 1 heterocycles. The average Bonchev–Trinajstić information content (AvgIpc) is 2.83. The van der Waals surface area contributed by atoms with E-state index < -0.39 is 0 Å². The van der Waals surface area contributed by atoms with Crippen LogP contribution in [0.15, 0.2) is 12.5 Å². The van der Waals surface area contributed by atoms with Gasteiger partial charge in [0.25, 0.3) is 0 Å². The van der Waals surface area contributed by atoms with Crippen LogP contribution in [0.5, 0.6) is 0 Å². The van der Waals surface area contributed by atoms with Crippen LogP contribution in [0.3, 0.4) is 0 Å². The highest BCUT2D eigenvalue weighted by Gasteiger charge is 2.49. The van der Waals surface area contributed by atoms with Crippen molar-refractivity contribution in [2.75, 3.05) is 13.6 Å². The van der Waals surface area contributed by atoms with E-state index in [0.717, 1.165) is 42.7 Å². The summed E-state index contributed by atoms with van der Waals surface area (Å²) in [4.78, 5) is 4.44. The molecule has 0 spiro atoms. The molecule has 0 unspecified atom stereocenters. The number of likely N-dealkylation sites (N-methyl/N-ethyl adjacent to an activating group) is 1. The molecule has 4 fully saturated rings. The van der Waals surface area contributed by atoms with Crippen molar-refractivity contribution in [2.24, 2.45) is 23.7 Å². The molecular formula is C16H25N3. The quantitative estimate of drug-likeness (QED) is 0.901. The van der Waals surface area contributed by atoms with E-state index in [-0.39, 0.29) is 0 Å². The van der Waals surface area contributed by atoms with Gasteiger partial charge >= 0.3 is 0 Å². The highest BCUT2D eigenvalue weighted by molar-refractivity contribution is 5.08. The molecule has 3 nitrogen and oxygen atoms in total. The number of hydrogen-bond donors (Lipinski definition) is 1. The molecule has 3 heteroatoms. The largest absolute Gasteiger partial charge is 0.331 e. The first-order valence-corrected chi connectivity index (χ1v) is 8.00. The van der Waals surface area contributed by atoms with E-state index in [4.69, 9.17) is 0 Å². The molecule has 1 N–H and O–H groups in total. The molecule has 0 saturated heterocycles. The number of nitrogens with zero attached hydrogens (tertiary/aromatic N) is 2. The number of imidazole rings is 1. The first-order chi connectivity index (χ1) is 9.35. The Hall–Kier alpha value is -0.830. The topological polar surface area (TPSA) is 29.9 Å². The van der Waals surface area contributed by atoms with Gasteiger partial charge in [0.05, 0.1) is 6.33 Å². The SMILES string of the molecule is CNCCc1cncn1C1C2CC3CC(C2)CC1C3. The van der Waals surface area contributed by atoms with Gasteiger partial charge in [-0.25, -0.2) is 4.98 Å². The highest BCUT2D eigenvalue weighted by Crippen LogP contribution is 2.58. The third-order valence-electron chi connectivity index (χ3n) is 5.88. The van der Waals surface area contributed by atoms with Crippen LogP contribution in [0.2, 0.25) is 0 Å². The Bertz CT molecular complexity index is 423. The Morgan fingerprint density at radius 2 is 1.84 bits per heavy atom. The van der Waals surface area contributed by atoms with Crippen LogP contribution in [0.25, 0.3) is 0 Å². The number of aromatic nitrogens is 2. The maximum Gasteiger partial charge on any atom is 0.0950 e. The van der Waals surface area contributed by atoms with Crippen molar-refractivity contribution in [2.45, 2.75) is 44.6 Å². The molecule has 1 aromatic heterocycles. The summed E-state index contributed by atoms with van der Waals surface area (Å²) in [7, 11) is 2.03. The van der Waals surface area contributed by atoms with Crippen molar-refractivity contribution in [3.63, 3.8) is 0 Å². The van der Waals surface area contributed by atoms with Crippen LogP contribution in [-0.4, -0.2) is 23.1 Å². The second kappa shape index (κ2) is 4.62. The van der Waals surface area contributed by atoms with Crippen molar-refractivity contribution in [3.8, 4) is 0 Å². The highest BCUT2D eigenvalue weighted by atomic mass is 15.1. The Morgan fingerprint density at radius 3 is 2.47 bits per heavy atom. The van der Waals surface area contributed by atoms with Gasteiger partial charge in [-0.1, -0.05) is 0 Å². The fraction of sp³-hybridized carbons (Fsp3) is 0.812. The number of hydrogen-bond acceptors (Lipinski definition) is 2. The Kier molecular flexibility index (Phi) is 2.91. The smallest absolute Gasteiger partial charge is 0.0950 e. The summed E-state index contributed by atoms with van der Waals surface area (Å²) < 4.78 is 2.55. The Balaban J connectivity index is 1.60. The van der Waals surface area contributed by atoms with E-state index in [1.165, 1.54) is 37.8 Å². The molecule has 4 saturated carbocycles. The van der Waals surface area contributed by atoms with Gasteiger partial charge < -0.3 is 9.88 Å². The molecule has 5 rings (SSSR count). The van der Waals surface area contributed by atoms with E-state index >= 15 is 0 Å². The molecule has 0 amide bonds. The third-order valence-corrected chi connectivity index (χ3v) is 5.88. The normalized spacial score (nSPS) is 39.9. The standard InChI is InChI=1S/C16H25N3/c1-17-3-2-15-9-18-10-19(15)16-13-5-11-4-12(7-13)8-14(16)6-11/h9-14,16-17H,2-8H2,1H3. The van der Waals surface area contributed by atoms with Crippen molar-refractivity contribution in [1.29, 1.82) is 0 Å². The van der Waals surface area contributed by atoms with Crippen molar-refractivity contribution >= 4 is 0 Å². The summed E-state index contributed by atoms with van der Waals surface area (Å²) in [6.07, 6.45) is 12.8. The van der Waals surface area contributed by atoms with Gasteiger partial charge in [-0.3, -0.25) is 0 Å². The predicted octanol–water partition coefficient (Wildman–Crippen LogP) is 2.64. The Morgan fingerprint density at radius 1 is 1.16 bits per heavy atom. The van der Waals surface area contributed by atoms with E-state index in [2.05, 4.69) is 27.4 Å². The zero-order valence-corrected chi connectivity index (χ0v) is 11.9. The third kappa shape index (κ3) is 1.94. The maximum absolute atomic E-state index is 4.44. The number of nitrogens with one attached hydrogen (secondary N) is 1. The maximum atomic E-state index is 4.44. The minimum Gasteiger partial charge on any atom is -0.331 e. The molecule has 4 bridgehead atoms. The molecule has 0 aromatic carbocycles. The van der Waals surface area contributed by atoms with Gasteiger partial charge in [0, 0.05) is 30.9 Å². The van der Waals surface area contributed by atoms with Crippen LogP contribution in [0, 0.1) is 23.7 Å². The van der Waals surface area contributed by atoms with Crippen LogP contribution in [-0.2, 0) is 6.42 Å². The molecule has 19 heavy (non-hydrogen) atoms. The zero-order valence-electron chi connectivity index (χ0n) is 11.9. The fourth-order valence-corrected chi connectivity index (χ4v) is 5.40. The van der Waals surface area contributed by atoms with Crippen LogP contribution >= 0.6 is 0 Å². The minimum absolute atomic E-state index is 0.766. The van der Waals surface area contributed by atoms with Crippen LogP contribution in [0.1, 0.15) is 43.8 Å². The monoisotopic (exact) mass is 259 g/mol. The summed E-state index contributed by atoms with van der Waals surface area (Å²) in [5, 5.41) is 3.26. The molecule has 4 aliphatic rings. The zero-order chi connectivity index (χ0) is 12.8. The summed E-state index contributed by atoms with van der Waals surface area (Å²) >= 11 is 0. The second-order valence-electron chi connectivity index (χ2n) is 7.07. The molecular weight excluding hydrogens is 234 g/mol. The van der Waals surface area contributed by atoms with Crippen molar-refractivity contribution in [3.05, 3.63) is 18.2 Å². The van der Waals surface area contributed by atoms with Crippen LogP contribution in [0.4, 0.5) is 0 Å². The van der Waals surface area contributed by atoms with E-state index in [0.29, 0.717) is 0 Å². The summed E-state index contributed by atoms with van der Waals surface area (Å²) in [5.74, 6) is 4.00.